The minimum atomic E-state index is 0.364. The summed E-state index contributed by atoms with van der Waals surface area (Å²) in [7, 11) is 0. The van der Waals surface area contributed by atoms with E-state index in [2.05, 4.69) is 25.3 Å². The van der Waals surface area contributed by atoms with Crippen LogP contribution in [-0.4, -0.2) is 14.2 Å². The molecule has 8 heavy (non-hydrogen) atoms. The molecule has 0 amide bonds. The number of thiol groups is 1. The Morgan fingerprint density at radius 1 is 1.75 bits per heavy atom. The second-order valence-electron chi connectivity index (χ2n) is 1.57. The molecule has 0 bridgehead atoms. The van der Waals surface area contributed by atoms with Crippen molar-refractivity contribution < 1.29 is 26.9 Å². The Bertz CT molecular complexity index is 51.7. The summed E-state index contributed by atoms with van der Waals surface area (Å²) in [4.78, 5) is 0. The zero-order valence-corrected chi connectivity index (χ0v) is 8.28. The SMILES string of the molecule is CCC[I-]C(S)C[NH3+]. The Kier molecular flexibility index (Phi) is 6.97. The van der Waals surface area contributed by atoms with Gasteiger partial charge in [-0.3, -0.25) is 0 Å². The van der Waals surface area contributed by atoms with Crippen LogP contribution < -0.4 is 26.9 Å². The van der Waals surface area contributed by atoms with Gasteiger partial charge in [0.25, 0.3) is 0 Å². The van der Waals surface area contributed by atoms with Crippen molar-refractivity contribution in [3.05, 3.63) is 0 Å². The van der Waals surface area contributed by atoms with E-state index in [-0.39, 0.29) is 0 Å². The monoisotopic (exact) mass is 247 g/mol. The van der Waals surface area contributed by atoms with Gasteiger partial charge in [-0.1, -0.05) is 0 Å². The molecule has 0 aliphatic carbocycles. The fourth-order valence-electron chi connectivity index (χ4n) is 0.312. The summed E-state index contributed by atoms with van der Waals surface area (Å²) in [5.74, 6) is 0. The van der Waals surface area contributed by atoms with Gasteiger partial charge in [0.05, 0.1) is 0 Å². The zero-order valence-electron chi connectivity index (χ0n) is 5.23. The number of halogens is 1. The molecule has 0 spiro atoms. The van der Waals surface area contributed by atoms with Gasteiger partial charge in [0.15, 0.2) is 0 Å². The van der Waals surface area contributed by atoms with Gasteiger partial charge in [-0.15, -0.1) is 0 Å². The van der Waals surface area contributed by atoms with E-state index in [1.54, 1.807) is 0 Å². The van der Waals surface area contributed by atoms with Crippen molar-refractivity contribution in [3.63, 3.8) is 0 Å². The molecule has 1 nitrogen and oxygen atoms in total. The van der Waals surface area contributed by atoms with Gasteiger partial charge in [-0.25, -0.2) is 0 Å². The van der Waals surface area contributed by atoms with Crippen LogP contribution in [0.25, 0.3) is 0 Å². The molecule has 52 valence electrons. The molecule has 0 fully saturated rings. The molecular weight excluding hydrogens is 233 g/mol. The van der Waals surface area contributed by atoms with Crippen LogP contribution in [0.15, 0.2) is 0 Å². The van der Waals surface area contributed by atoms with Crippen molar-refractivity contribution in [3.8, 4) is 0 Å². The van der Waals surface area contributed by atoms with E-state index in [4.69, 9.17) is 0 Å². The first-order valence-electron chi connectivity index (χ1n) is 2.86. The minimum absolute atomic E-state index is 0.364. The zero-order chi connectivity index (χ0) is 6.41. The Labute approximate surface area is 67.1 Å². The summed E-state index contributed by atoms with van der Waals surface area (Å²) in [6.45, 7) is 3.24. The molecular formula is C5H14INS. The third-order valence-corrected chi connectivity index (χ3v) is 5.24. The molecule has 1 unspecified atom stereocenters. The number of hydrogen-bond donors (Lipinski definition) is 2. The average Bonchev–Trinajstić information content (AvgIpc) is 1.83. The normalized spacial score (nSPS) is 14.4. The Balaban J connectivity index is 2.86. The number of rotatable bonds is 4. The van der Waals surface area contributed by atoms with Crippen molar-refractivity contribution in [2.45, 2.75) is 16.6 Å². The quantitative estimate of drug-likeness (QED) is 0.301. The van der Waals surface area contributed by atoms with Gasteiger partial charge in [0, 0.05) is 0 Å². The molecule has 0 aromatic rings. The maximum absolute atomic E-state index is 4.35. The molecule has 3 N–H and O–H groups in total. The van der Waals surface area contributed by atoms with Gasteiger partial charge in [-0.05, 0) is 0 Å². The van der Waals surface area contributed by atoms with Crippen molar-refractivity contribution in [2.75, 3.05) is 11.0 Å². The summed E-state index contributed by atoms with van der Waals surface area (Å²) >= 11 is 4.71. The van der Waals surface area contributed by atoms with Gasteiger partial charge in [-0.2, -0.15) is 0 Å². The van der Waals surface area contributed by atoms with E-state index in [1.165, 1.54) is 10.8 Å². The third-order valence-electron chi connectivity index (χ3n) is 0.714. The molecule has 0 saturated heterocycles. The molecule has 0 saturated carbocycles. The second kappa shape index (κ2) is 6.16. The van der Waals surface area contributed by atoms with Crippen LogP contribution in [0.5, 0.6) is 0 Å². The molecule has 0 radical (unpaired) electrons. The first kappa shape index (κ1) is 9.04. The molecule has 0 aliphatic rings. The molecule has 0 aliphatic heterocycles. The van der Waals surface area contributed by atoms with E-state index in [1.807, 2.05) is 0 Å². The molecule has 3 heteroatoms. The van der Waals surface area contributed by atoms with E-state index in [9.17, 15) is 0 Å². The third kappa shape index (κ3) is 5.18. The fraction of sp³-hybridized carbons (Fsp3) is 1.00. The van der Waals surface area contributed by atoms with Gasteiger partial charge < -0.3 is 0 Å². The van der Waals surface area contributed by atoms with Crippen LogP contribution in [0.2, 0.25) is 0 Å². The van der Waals surface area contributed by atoms with E-state index in [0.717, 1.165) is 6.54 Å². The number of quaternary nitrogens is 1. The Morgan fingerprint density at radius 3 is 2.75 bits per heavy atom. The number of alkyl halides is 2. The summed E-state index contributed by atoms with van der Waals surface area (Å²) in [5, 5.41) is 0. The van der Waals surface area contributed by atoms with E-state index >= 15 is 0 Å². The molecule has 0 aromatic carbocycles. The summed E-state index contributed by atoms with van der Waals surface area (Å²) in [6, 6.07) is 0. The Morgan fingerprint density at radius 2 is 2.38 bits per heavy atom. The van der Waals surface area contributed by atoms with Crippen LogP contribution in [0, 0.1) is 0 Å². The fourth-order valence-corrected chi connectivity index (χ4v) is 2.75. The van der Waals surface area contributed by atoms with Gasteiger partial charge in [0.2, 0.25) is 0 Å². The van der Waals surface area contributed by atoms with E-state index in [0.29, 0.717) is 24.5 Å². The van der Waals surface area contributed by atoms with Crippen LogP contribution >= 0.6 is 12.6 Å². The van der Waals surface area contributed by atoms with Crippen LogP contribution in [0.3, 0.4) is 0 Å². The topological polar surface area (TPSA) is 27.6 Å². The van der Waals surface area contributed by atoms with Crippen LogP contribution in [-0.2, 0) is 0 Å². The van der Waals surface area contributed by atoms with Gasteiger partial charge in [0.1, 0.15) is 0 Å². The van der Waals surface area contributed by atoms with Crippen molar-refractivity contribution in [2.24, 2.45) is 0 Å². The summed E-state index contributed by atoms with van der Waals surface area (Å²) in [6.07, 6.45) is 1.32. The van der Waals surface area contributed by atoms with Crippen molar-refractivity contribution in [1.82, 2.24) is 0 Å². The van der Waals surface area contributed by atoms with Crippen LogP contribution in [0.1, 0.15) is 13.3 Å². The van der Waals surface area contributed by atoms with E-state index < -0.39 is 0 Å². The average molecular weight is 247 g/mol. The predicted octanol–water partition coefficient (Wildman–Crippen LogP) is -3.02. The van der Waals surface area contributed by atoms with Gasteiger partial charge >= 0.3 is 67.1 Å². The van der Waals surface area contributed by atoms with Crippen molar-refractivity contribution >= 4 is 12.6 Å². The Hall–Kier alpha value is 1.04. The van der Waals surface area contributed by atoms with Crippen molar-refractivity contribution in [1.29, 1.82) is 0 Å². The second-order valence-corrected chi connectivity index (χ2v) is 6.64. The standard InChI is InChI=1S/C5H13INS/c1-2-3-6-5(8)4-7/h5,8H,2-4,7H2,1H3/q-1/p+1. The summed E-state index contributed by atoms with van der Waals surface area (Å²) in [5.41, 5.74) is 3.79. The predicted molar refractivity (Wildman–Crippen MR) is 35.7 cm³/mol. The molecule has 0 rings (SSSR count). The molecule has 0 aromatic heterocycles. The molecule has 0 heterocycles. The maximum atomic E-state index is 4.35. The molecule has 1 atom stereocenters. The van der Waals surface area contributed by atoms with Crippen LogP contribution in [0.4, 0.5) is 0 Å². The first-order chi connectivity index (χ1) is 3.81. The summed E-state index contributed by atoms with van der Waals surface area (Å²) < 4.78 is 2.05. The first-order valence-corrected chi connectivity index (χ1v) is 6.15. The number of hydrogen-bond acceptors (Lipinski definition) is 1.